The second-order valence-corrected chi connectivity index (χ2v) is 7.27. The first-order valence-electron chi connectivity index (χ1n) is 10.3. The van der Waals surface area contributed by atoms with Crippen molar-refractivity contribution in [3.8, 4) is 0 Å². The molecule has 1 heterocycles. The Labute approximate surface area is 176 Å². The maximum Gasteiger partial charge on any atom is 0.318 e. The number of rotatable bonds is 7. The van der Waals surface area contributed by atoms with Crippen LogP contribution in [0.1, 0.15) is 36.8 Å². The molecule has 6 nitrogen and oxygen atoms in total. The predicted octanol–water partition coefficient (Wildman–Crippen LogP) is 3.16. The summed E-state index contributed by atoms with van der Waals surface area (Å²) in [5, 5.41) is 0. The summed E-state index contributed by atoms with van der Waals surface area (Å²) in [5.74, 6) is -1.66. The van der Waals surface area contributed by atoms with E-state index in [-0.39, 0.29) is 24.4 Å². The molecule has 1 aliphatic rings. The number of likely N-dealkylation sites (tertiary alicyclic amines) is 1. The van der Waals surface area contributed by atoms with Crippen molar-refractivity contribution < 1.29 is 23.9 Å². The average molecular weight is 409 g/mol. The number of carbonyl (C=O) groups excluding carboxylic acids is 3. The Kier molecular flexibility index (Phi) is 7.60. The fourth-order valence-electron chi connectivity index (χ4n) is 3.69. The fourth-order valence-corrected chi connectivity index (χ4v) is 3.69. The number of carbonyl (C=O) groups is 3. The highest BCUT2D eigenvalue weighted by atomic mass is 16.5. The van der Waals surface area contributed by atoms with Crippen molar-refractivity contribution in [2.45, 2.75) is 25.7 Å². The first-order valence-corrected chi connectivity index (χ1v) is 10.3. The summed E-state index contributed by atoms with van der Waals surface area (Å²) in [5.41, 5.74) is 1.63. The van der Waals surface area contributed by atoms with Gasteiger partial charge < -0.3 is 14.4 Å². The highest BCUT2D eigenvalue weighted by Gasteiger charge is 2.30. The van der Waals surface area contributed by atoms with Gasteiger partial charge in [-0.25, -0.2) is 0 Å². The van der Waals surface area contributed by atoms with E-state index in [4.69, 9.17) is 9.47 Å². The van der Waals surface area contributed by atoms with Crippen molar-refractivity contribution >= 4 is 17.8 Å². The second kappa shape index (κ2) is 10.6. The Morgan fingerprint density at radius 2 is 1.43 bits per heavy atom. The van der Waals surface area contributed by atoms with Crippen molar-refractivity contribution in [2.75, 3.05) is 26.3 Å². The topological polar surface area (TPSA) is 72.9 Å². The van der Waals surface area contributed by atoms with Gasteiger partial charge in [-0.05, 0) is 30.9 Å². The second-order valence-electron chi connectivity index (χ2n) is 7.27. The van der Waals surface area contributed by atoms with Crippen LogP contribution in [0.25, 0.3) is 0 Å². The molecule has 1 amide bonds. The lowest BCUT2D eigenvalue weighted by atomic mass is 9.91. The summed E-state index contributed by atoms with van der Waals surface area (Å²) in [6.45, 7) is 2.75. The van der Waals surface area contributed by atoms with Crippen molar-refractivity contribution in [2.24, 2.45) is 5.92 Å². The van der Waals surface area contributed by atoms with E-state index in [2.05, 4.69) is 0 Å². The predicted molar refractivity (Wildman–Crippen MR) is 112 cm³/mol. The number of hydrogen-bond donors (Lipinski definition) is 0. The van der Waals surface area contributed by atoms with Gasteiger partial charge >= 0.3 is 11.9 Å². The molecule has 6 heteroatoms. The quantitative estimate of drug-likeness (QED) is 0.657. The highest BCUT2D eigenvalue weighted by molar-refractivity contribution is 5.86. The van der Waals surface area contributed by atoms with E-state index in [1.54, 1.807) is 11.8 Å². The smallest absolute Gasteiger partial charge is 0.318 e. The number of piperidine rings is 1. The van der Waals surface area contributed by atoms with Crippen LogP contribution in [0.4, 0.5) is 0 Å². The van der Waals surface area contributed by atoms with Crippen LogP contribution in [0.2, 0.25) is 0 Å². The largest absolute Gasteiger partial charge is 0.466 e. The zero-order valence-corrected chi connectivity index (χ0v) is 17.2. The lowest BCUT2D eigenvalue weighted by Gasteiger charge is -2.30. The van der Waals surface area contributed by atoms with E-state index < -0.39 is 11.9 Å². The third kappa shape index (κ3) is 5.47. The van der Waals surface area contributed by atoms with Crippen molar-refractivity contribution in [3.63, 3.8) is 0 Å². The van der Waals surface area contributed by atoms with Gasteiger partial charge in [0.05, 0.1) is 12.5 Å². The third-order valence-corrected chi connectivity index (χ3v) is 5.31. The maximum absolute atomic E-state index is 12.9. The van der Waals surface area contributed by atoms with Gasteiger partial charge in [-0.2, -0.15) is 0 Å². The Morgan fingerprint density at radius 1 is 0.900 bits per heavy atom. The van der Waals surface area contributed by atoms with E-state index in [1.807, 2.05) is 60.7 Å². The number of ether oxygens (including phenoxy) is 2. The first kappa shape index (κ1) is 21.6. The van der Waals surface area contributed by atoms with Gasteiger partial charge in [-0.15, -0.1) is 0 Å². The van der Waals surface area contributed by atoms with Gasteiger partial charge in [0, 0.05) is 13.1 Å². The molecule has 0 radical (unpaired) electrons. The number of benzene rings is 2. The lowest BCUT2D eigenvalue weighted by Crippen LogP contribution is -2.42. The molecule has 0 aliphatic carbocycles. The third-order valence-electron chi connectivity index (χ3n) is 5.31. The van der Waals surface area contributed by atoms with Gasteiger partial charge in [0.15, 0.2) is 6.61 Å². The molecule has 0 aromatic heterocycles. The van der Waals surface area contributed by atoms with E-state index >= 15 is 0 Å². The molecule has 30 heavy (non-hydrogen) atoms. The number of amides is 1. The molecule has 2 aromatic carbocycles. The van der Waals surface area contributed by atoms with Gasteiger partial charge in [0.2, 0.25) is 0 Å². The molecule has 2 aromatic rings. The maximum atomic E-state index is 12.9. The van der Waals surface area contributed by atoms with Crippen LogP contribution in [0.15, 0.2) is 60.7 Å². The summed E-state index contributed by atoms with van der Waals surface area (Å²) in [4.78, 5) is 38.9. The SMILES string of the molecule is CCOC(=O)C1CCN(C(=O)COC(=O)C(c2ccccc2)c2ccccc2)CC1. The number of esters is 2. The monoisotopic (exact) mass is 409 g/mol. The minimum Gasteiger partial charge on any atom is -0.466 e. The van der Waals surface area contributed by atoms with Crippen molar-refractivity contribution in [3.05, 3.63) is 71.8 Å². The summed E-state index contributed by atoms with van der Waals surface area (Å²) in [7, 11) is 0. The van der Waals surface area contributed by atoms with Crippen LogP contribution in [-0.2, 0) is 23.9 Å². The van der Waals surface area contributed by atoms with Gasteiger partial charge in [0.1, 0.15) is 5.92 Å². The van der Waals surface area contributed by atoms with Crippen LogP contribution in [0.5, 0.6) is 0 Å². The molecule has 0 saturated carbocycles. The Balaban J connectivity index is 1.58. The van der Waals surface area contributed by atoms with E-state index in [1.165, 1.54) is 0 Å². The first-order chi connectivity index (χ1) is 14.6. The number of hydrogen-bond acceptors (Lipinski definition) is 5. The summed E-state index contributed by atoms with van der Waals surface area (Å²) < 4.78 is 10.5. The van der Waals surface area contributed by atoms with E-state index in [0.717, 1.165) is 11.1 Å². The minimum atomic E-state index is -0.588. The van der Waals surface area contributed by atoms with Gasteiger partial charge in [-0.3, -0.25) is 14.4 Å². The molecule has 0 N–H and O–H groups in total. The molecule has 1 fully saturated rings. The van der Waals surface area contributed by atoms with E-state index in [9.17, 15) is 14.4 Å². The Hall–Kier alpha value is -3.15. The molecular formula is C24H27NO5. The molecule has 0 bridgehead atoms. The molecule has 1 saturated heterocycles. The summed E-state index contributed by atoms with van der Waals surface area (Å²) in [6.07, 6.45) is 1.13. The number of nitrogens with zero attached hydrogens (tertiary/aromatic N) is 1. The van der Waals surface area contributed by atoms with Crippen LogP contribution in [0.3, 0.4) is 0 Å². The summed E-state index contributed by atoms with van der Waals surface area (Å²) in [6, 6.07) is 18.8. The molecule has 3 rings (SSSR count). The lowest BCUT2D eigenvalue weighted by molar-refractivity contribution is -0.155. The molecule has 1 aliphatic heterocycles. The van der Waals surface area contributed by atoms with Crippen LogP contribution in [-0.4, -0.2) is 49.0 Å². The van der Waals surface area contributed by atoms with Crippen LogP contribution < -0.4 is 0 Å². The summed E-state index contributed by atoms with van der Waals surface area (Å²) >= 11 is 0. The van der Waals surface area contributed by atoms with Crippen LogP contribution in [0, 0.1) is 5.92 Å². The normalized spacial score (nSPS) is 14.4. The zero-order chi connectivity index (χ0) is 21.3. The molecular weight excluding hydrogens is 382 g/mol. The van der Waals surface area contributed by atoms with Gasteiger partial charge in [-0.1, -0.05) is 60.7 Å². The molecule has 0 atom stereocenters. The Morgan fingerprint density at radius 3 is 1.93 bits per heavy atom. The standard InChI is InChI=1S/C24H27NO5/c1-2-29-23(27)20-13-15-25(16-14-20)21(26)17-30-24(28)22(18-9-5-3-6-10-18)19-11-7-4-8-12-19/h3-12,20,22H,2,13-17H2,1H3. The molecule has 0 unspecified atom stereocenters. The van der Waals surface area contributed by atoms with Crippen LogP contribution >= 0.6 is 0 Å². The average Bonchev–Trinajstić information content (AvgIpc) is 2.79. The highest BCUT2D eigenvalue weighted by Crippen LogP contribution is 2.26. The Bertz CT molecular complexity index is 805. The molecule has 158 valence electrons. The van der Waals surface area contributed by atoms with E-state index in [0.29, 0.717) is 32.5 Å². The van der Waals surface area contributed by atoms with Crippen molar-refractivity contribution in [1.82, 2.24) is 4.90 Å². The van der Waals surface area contributed by atoms with Crippen molar-refractivity contribution in [1.29, 1.82) is 0 Å². The van der Waals surface area contributed by atoms with Gasteiger partial charge in [0.25, 0.3) is 5.91 Å². The minimum absolute atomic E-state index is 0.169. The fraction of sp³-hybridized carbons (Fsp3) is 0.375. The molecule has 0 spiro atoms. The zero-order valence-electron chi connectivity index (χ0n) is 17.2.